The van der Waals surface area contributed by atoms with Crippen molar-refractivity contribution < 1.29 is 60.0 Å². The van der Waals surface area contributed by atoms with Gasteiger partial charge in [0, 0.05) is 55.3 Å². The summed E-state index contributed by atoms with van der Waals surface area (Å²) in [6, 6.07) is 54.1. The first kappa shape index (κ1) is 48.2. The zero-order valence-corrected chi connectivity index (χ0v) is 38.2. The number of rotatable bonds is 7. The van der Waals surface area contributed by atoms with E-state index in [0.717, 1.165) is 75.4 Å². The Hall–Kier alpha value is -7.74. The van der Waals surface area contributed by atoms with Gasteiger partial charge >= 0.3 is 6.18 Å². The minimum atomic E-state index is -4.46. The van der Waals surface area contributed by atoms with Crippen molar-refractivity contribution in [3.63, 3.8) is 0 Å². The van der Waals surface area contributed by atoms with E-state index in [0.29, 0.717) is 5.69 Å². The largest absolute Gasteiger partial charge is 0.573 e. The summed E-state index contributed by atoms with van der Waals surface area (Å²) in [5.41, 5.74) is 6.82. The molecule has 68 heavy (non-hydrogen) atoms. The number of pyridine rings is 1. The summed E-state index contributed by atoms with van der Waals surface area (Å²) in [4.78, 5) is 3.87. The third kappa shape index (κ3) is 10.8. The molecule has 6 aromatic carbocycles. The summed E-state index contributed by atoms with van der Waals surface area (Å²) in [5, 5.41) is 6.47. The van der Waals surface area contributed by atoms with E-state index >= 15 is 0 Å². The molecule has 0 saturated heterocycles. The maximum Gasteiger partial charge on any atom is 0.431 e. The first-order valence-corrected chi connectivity index (χ1v) is 20.4. The fourth-order valence-corrected chi connectivity index (χ4v) is 7.22. The van der Waals surface area contributed by atoms with Crippen LogP contribution in [0.2, 0.25) is 0 Å². The number of benzene rings is 6. The molecule has 1 radical (unpaired) electrons. The van der Waals surface area contributed by atoms with Gasteiger partial charge in [-0.15, -0.1) is 24.3 Å². The third-order valence-electron chi connectivity index (χ3n) is 10.1. The summed E-state index contributed by atoms with van der Waals surface area (Å²) < 4.78 is 99.0. The molecule has 10 aromatic rings. The number of halogens is 7. The van der Waals surface area contributed by atoms with Crippen LogP contribution in [0.15, 0.2) is 176 Å². The predicted molar refractivity (Wildman–Crippen MR) is 237 cm³/mol. The molecule has 0 aliphatic carbocycles. The summed E-state index contributed by atoms with van der Waals surface area (Å²) in [5.74, 6) is -2.69. The van der Waals surface area contributed by atoms with Crippen molar-refractivity contribution in [3.8, 4) is 67.8 Å². The molecule has 7 nitrogen and oxygen atoms in total. The number of imidazole rings is 2. The predicted octanol–water partition coefficient (Wildman–Crippen LogP) is 11.1. The van der Waals surface area contributed by atoms with Crippen molar-refractivity contribution in [1.82, 2.24) is 24.3 Å². The van der Waals surface area contributed by atoms with E-state index < -0.39 is 35.1 Å². The molecule has 0 bridgehead atoms. The Kier molecular flexibility index (Phi) is 15.1. The van der Waals surface area contributed by atoms with E-state index in [9.17, 15) is 30.7 Å². The van der Waals surface area contributed by atoms with Crippen LogP contribution in [0.3, 0.4) is 0 Å². The van der Waals surface area contributed by atoms with Crippen LogP contribution in [0.4, 0.5) is 30.7 Å². The SMILES string of the molecule is C[n+]1[c-]n(-c2[c-]cc(F)cc2F)c(-c2ccccc2)c1-c1ccccc1.C[n+]1[c-]n(-c2[c-]cc(F)cc2F)c(-c2ccccc2)c1-c1ccccc1.FC(F)(F)c1cc(-c2ccccn2)[n-]n1.[Ir]. The third-order valence-corrected chi connectivity index (χ3v) is 10.1. The Morgan fingerprint density at radius 3 is 1.28 bits per heavy atom. The normalized spacial score (nSPS) is 10.9. The minimum absolute atomic E-state index is 0. The molecule has 4 aromatic heterocycles. The Morgan fingerprint density at radius 1 is 0.529 bits per heavy atom. The van der Waals surface area contributed by atoms with Crippen molar-refractivity contribution in [1.29, 1.82) is 0 Å². The van der Waals surface area contributed by atoms with Gasteiger partial charge in [0.15, 0.2) is 0 Å². The molecular weight excluding hydrogens is 1060 g/mol. The van der Waals surface area contributed by atoms with Crippen molar-refractivity contribution >= 4 is 0 Å². The van der Waals surface area contributed by atoms with Crippen molar-refractivity contribution in [3.05, 3.63) is 230 Å². The maximum absolute atomic E-state index is 14.5. The second-order valence-corrected chi connectivity index (χ2v) is 14.7. The Labute approximate surface area is 400 Å². The van der Waals surface area contributed by atoms with Crippen LogP contribution in [-0.2, 0) is 40.4 Å². The number of hydrogen-bond donors (Lipinski definition) is 0. The van der Waals surface area contributed by atoms with E-state index in [1.54, 1.807) is 27.3 Å². The molecule has 0 amide bonds. The summed E-state index contributed by atoms with van der Waals surface area (Å²) in [6.45, 7) is 0. The van der Waals surface area contributed by atoms with Crippen LogP contribution in [0.5, 0.6) is 0 Å². The molecule has 15 heteroatoms. The molecule has 0 fully saturated rings. The Balaban J connectivity index is 0.000000156. The van der Waals surface area contributed by atoms with Crippen LogP contribution >= 0.6 is 0 Å². The van der Waals surface area contributed by atoms with Crippen molar-refractivity contribution in [2.75, 3.05) is 0 Å². The van der Waals surface area contributed by atoms with Gasteiger partial charge < -0.3 is 28.5 Å². The van der Waals surface area contributed by atoms with E-state index in [4.69, 9.17) is 0 Å². The zero-order valence-electron chi connectivity index (χ0n) is 35.9. The van der Waals surface area contributed by atoms with Gasteiger partial charge in [0.1, 0.15) is 5.69 Å². The molecule has 0 aliphatic heterocycles. The monoisotopic (exact) mass is 1100 g/mol. The Bertz CT molecular complexity index is 3060. The number of aryl methyl sites for hydroxylation is 2. The standard InChI is InChI=1S/2C22H15F2N2.C9H5F3N3.Ir/c2*1-25-15-26(20-13-12-18(23)14-19(20)24)22(17-10-6-3-7-11-17)21(25)16-8-4-2-5-9-16;10-9(11,12)8-5-7(14-15-8)6-3-1-2-4-13-6;/h2*2-12,14H,1H3;1-5H;/q3*-1;. The van der Waals surface area contributed by atoms with Gasteiger partial charge in [0.05, 0.1) is 36.9 Å². The van der Waals surface area contributed by atoms with Gasteiger partial charge in [-0.1, -0.05) is 133 Å². The molecule has 0 unspecified atom stereocenters. The van der Waals surface area contributed by atoms with Gasteiger partial charge in [-0.3, -0.25) is 22.5 Å². The molecule has 0 N–H and O–H groups in total. The average molecular weight is 1100 g/mol. The second kappa shape index (κ2) is 21.3. The average Bonchev–Trinajstić information content (AvgIpc) is 4.07. The van der Waals surface area contributed by atoms with E-state index in [1.807, 2.05) is 145 Å². The van der Waals surface area contributed by atoms with E-state index in [1.165, 1.54) is 6.20 Å². The minimum Gasteiger partial charge on any atom is -0.573 e. The first-order valence-electron chi connectivity index (χ1n) is 20.4. The molecule has 0 atom stereocenters. The fraction of sp³-hybridized carbons (Fsp3) is 0.0566. The van der Waals surface area contributed by atoms with Crippen LogP contribution in [0, 0.1) is 48.1 Å². The Morgan fingerprint density at radius 2 is 0.926 bits per heavy atom. The van der Waals surface area contributed by atoms with Crippen LogP contribution in [0.25, 0.3) is 67.8 Å². The maximum atomic E-state index is 14.5. The van der Waals surface area contributed by atoms with E-state index in [-0.39, 0.29) is 37.2 Å². The quantitative estimate of drug-likeness (QED) is 0.0908. The van der Waals surface area contributed by atoms with Gasteiger partial charge in [0.2, 0.25) is 12.7 Å². The second-order valence-electron chi connectivity index (χ2n) is 14.7. The molecular formula is C53H35F7IrN7-3. The number of alkyl halides is 3. The van der Waals surface area contributed by atoms with Gasteiger partial charge in [-0.05, 0) is 51.8 Å². The van der Waals surface area contributed by atoms with Crippen LogP contribution < -0.4 is 14.2 Å². The molecule has 343 valence electrons. The fourth-order valence-electron chi connectivity index (χ4n) is 7.22. The van der Waals surface area contributed by atoms with Crippen molar-refractivity contribution in [2.24, 2.45) is 14.1 Å². The van der Waals surface area contributed by atoms with Gasteiger partial charge in [0.25, 0.3) is 0 Å². The van der Waals surface area contributed by atoms with E-state index in [2.05, 4.69) is 40.0 Å². The molecule has 0 spiro atoms. The zero-order chi connectivity index (χ0) is 47.1. The smallest absolute Gasteiger partial charge is 0.431 e. The van der Waals surface area contributed by atoms with Gasteiger partial charge in [-0.25, -0.2) is 0 Å². The summed E-state index contributed by atoms with van der Waals surface area (Å²) in [7, 11) is 3.71. The molecule has 0 aliphatic rings. The summed E-state index contributed by atoms with van der Waals surface area (Å²) >= 11 is 0. The first-order chi connectivity index (χ1) is 32.4. The number of aromatic nitrogens is 7. The molecule has 0 saturated carbocycles. The summed E-state index contributed by atoms with van der Waals surface area (Å²) in [6.07, 6.45) is 3.28. The van der Waals surface area contributed by atoms with Crippen LogP contribution in [0.1, 0.15) is 5.69 Å². The van der Waals surface area contributed by atoms with Crippen LogP contribution in [-0.4, -0.2) is 19.2 Å². The van der Waals surface area contributed by atoms with Crippen molar-refractivity contribution in [2.45, 2.75) is 6.18 Å². The molecule has 10 rings (SSSR count). The van der Waals surface area contributed by atoms with Gasteiger partial charge in [-0.2, -0.15) is 25.3 Å². The molecule has 4 heterocycles. The topological polar surface area (TPSA) is 57.5 Å². The number of nitrogens with zero attached hydrogens (tertiary/aromatic N) is 7. The number of hydrogen-bond acceptors (Lipinski definition) is 2.